The maximum absolute atomic E-state index is 12.3. The van der Waals surface area contributed by atoms with E-state index in [0.29, 0.717) is 11.3 Å². The van der Waals surface area contributed by atoms with Crippen molar-refractivity contribution in [1.82, 2.24) is 10.9 Å². The third kappa shape index (κ3) is 6.16. The standard InChI is InChI=1S/C24H22N4O6/c1-15-6-5-7-18(14-15)23(30)25-19-12-10-17(11-13-19)24(31)27-26-22(29)16(2)34-21-9-4-3-8-20(21)28(32)33/h3-14,16H,1-2H3,(H,25,30)(H,26,29)(H,27,31). The Labute approximate surface area is 195 Å². The first-order valence-corrected chi connectivity index (χ1v) is 10.2. The van der Waals surface area contributed by atoms with Crippen LogP contribution in [-0.2, 0) is 4.79 Å². The molecule has 0 saturated carbocycles. The molecule has 174 valence electrons. The van der Waals surface area contributed by atoms with E-state index in [4.69, 9.17) is 4.74 Å². The molecule has 0 heterocycles. The van der Waals surface area contributed by atoms with Crippen LogP contribution in [0.5, 0.6) is 5.75 Å². The van der Waals surface area contributed by atoms with Crippen LogP contribution in [0.3, 0.4) is 0 Å². The molecule has 0 radical (unpaired) electrons. The zero-order valence-electron chi connectivity index (χ0n) is 18.4. The van der Waals surface area contributed by atoms with E-state index in [1.165, 1.54) is 37.3 Å². The first-order chi connectivity index (χ1) is 16.2. The van der Waals surface area contributed by atoms with Crippen LogP contribution in [0.1, 0.15) is 33.2 Å². The van der Waals surface area contributed by atoms with Crippen LogP contribution < -0.4 is 20.9 Å². The highest BCUT2D eigenvalue weighted by molar-refractivity contribution is 6.04. The van der Waals surface area contributed by atoms with E-state index in [1.807, 2.05) is 13.0 Å². The molecule has 0 bridgehead atoms. The second-order valence-electron chi connectivity index (χ2n) is 7.33. The summed E-state index contributed by atoms with van der Waals surface area (Å²) in [7, 11) is 0. The van der Waals surface area contributed by atoms with Crippen molar-refractivity contribution in [3.05, 3.63) is 99.6 Å². The van der Waals surface area contributed by atoms with Gasteiger partial charge in [-0.3, -0.25) is 35.3 Å². The number of anilines is 1. The van der Waals surface area contributed by atoms with Gasteiger partial charge in [-0.25, -0.2) is 0 Å². The van der Waals surface area contributed by atoms with Gasteiger partial charge in [0.15, 0.2) is 11.9 Å². The summed E-state index contributed by atoms with van der Waals surface area (Å²) in [6, 6.07) is 18.9. The number of nitrogens with zero attached hydrogens (tertiary/aromatic N) is 1. The minimum Gasteiger partial charge on any atom is -0.474 e. The van der Waals surface area contributed by atoms with Gasteiger partial charge in [0.05, 0.1) is 4.92 Å². The number of para-hydroxylation sites is 2. The van der Waals surface area contributed by atoms with Gasteiger partial charge in [-0.05, 0) is 56.3 Å². The fourth-order valence-corrected chi connectivity index (χ4v) is 2.94. The van der Waals surface area contributed by atoms with Crippen molar-refractivity contribution < 1.29 is 24.0 Å². The Morgan fingerprint density at radius 3 is 2.26 bits per heavy atom. The first kappa shape index (κ1) is 23.9. The van der Waals surface area contributed by atoms with E-state index < -0.39 is 22.8 Å². The smallest absolute Gasteiger partial charge is 0.310 e. The van der Waals surface area contributed by atoms with Crippen molar-refractivity contribution in [3.8, 4) is 5.75 Å². The van der Waals surface area contributed by atoms with Crippen molar-refractivity contribution in [2.75, 3.05) is 5.32 Å². The Kier molecular flexibility index (Phi) is 7.55. The molecule has 3 rings (SSSR count). The van der Waals surface area contributed by atoms with Crippen LogP contribution in [0, 0.1) is 17.0 Å². The first-order valence-electron chi connectivity index (χ1n) is 10.2. The molecule has 34 heavy (non-hydrogen) atoms. The number of amides is 3. The number of aryl methyl sites for hydroxylation is 1. The largest absolute Gasteiger partial charge is 0.474 e. The zero-order chi connectivity index (χ0) is 24.7. The third-order valence-electron chi connectivity index (χ3n) is 4.72. The molecule has 0 aliphatic heterocycles. The molecule has 1 unspecified atom stereocenters. The Balaban J connectivity index is 1.53. The number of nitro benzene ring substituents is 1. The lowest BCUT2D eigenvalue weighted by molar-refractivity contribution is -0.386. The van der Waals surface area contributed by atoms with Gasteiger partial charge in [0.1, 0.15) is 0 Å². The normalized spacial score (nSPS) is 11.1. The minimum atomic E-state index is -1.11. The van der Waals surface area contributed by atoms with Crippen molar-refractivity contribution in [3.63, 3.8) is 0 Å². The summed E-state index contributed by atoms with van der Waals surface area (Å²) in [6.07, 6.45) is -1.11. The van der Waals surface area contributed by atoms with Crippen LogP contribution in [0.25, 0.3) is 0 Å². The second-order valence-corrected chi connectivity index (χ2v) is 7.33. The van der Waals surface area contributed by atoms with Crippen LogP contribution >= 0.6 is 0 Å². The average Bonchev–Trinajstić information content (AvgIpc) is 2.83. The van der Waals surface area contributed by atoms with Crippen molar-refractivity contribution in [2.24, 2.45) is 0 Å². The number of hydrogen-bond acceptors (Lipinski definition) is 6. The summed E-state index contributed by atoms with van der Waals surface area (Å²) in [4.78, 5) is 47.3. The lowest BCUT2D eigenvalue weighted by atomic mass is 10.1. The Morgan fingerprint density at radius 2 is 1.59 bits per heavy atom. The predicted molar refractivity (Wildman–Crippen MR) is 124 cm³/mol. The van der Waals surface area contributed by atoms with Gasteiger partial charge in [0, 0.05) is 22.9 Å². The van der Waals surface area contributed by atoms with Crippen LogP contribution in [-0.4, -0.2) is 28.7 Å². The van der Waals surface area contributed by atoms with Crippen LogP contribution in [0.15, 0.2) is 72.8 Å². The van der Waals surface area contributed by atoms with Gasteiger partial charge in [-0.1, -0.05) is 29.8 Å². The zero-order valence-corrected chi connectivity index (χ0v) is 18.4. The average molecular weight is 462 g/mol. The van der Waals surface area contributed by atoms with Crippen LogP contribution in [0.4, 0.5) is 11.4 Å². The highest BCUT2D eigenvalue weighted by Crippen LogP contribution is 2.26. The number of carbonyl (C=O) groups excluding carboxylic acids is 3. The molecule has 0 saturated heterocycles. The van der Waals surface area contributed by atoms with Crippen molar-refractivity contribution in [2.45, 2.75) is 20.0 Å². The number of benzene rings is 3. The molecule has 10 heteroatoms. The summed E-state index contributed by atoms with van der Waals surface area (Å²) in [5, 5.41) is 13.8. The number of hydrazine groups is 1. The van der Waals surface area contributed by atoms with Gasteiger partial charge in [0.2, 0.25) is 0 Å². The van der Waals surface area contributed by atoms with Gasteiger partial charge in [0.25, 0.3) is 17.7 Å². The molecule has 10 nitrogen and oxygen atoms in total. The van der Waals surface area contributed by atoms with E-state index >= 15 is 0 Å². The molecule has 1 atom stereocenters. The van der Waals surface area contributed by atoms with E-state index in [-0.39, 0.29) is 22.9 Å². The van der Waals surface area contributed by atoms with E-state index in [0.717, 1.165) is 5.56 Å². The number of ether oxygens (including phenoxy) is 1. The lowest BCUT2D eigenvalue weighted by Crippen LogP contribution is -2.47. The summed E-state index contributed by atoms with van der Waals surface area (Å²) < 4.78 is 5.36. The molecular weight excluding hydrogens is 440 g/mol. The van der Waals surface area contributed by atoms with Crippen molar-refractivity contribution in [1.29, 1.82) is 0 Å². The molecule has 0 aliphatic carbocycles. The Hall–Kier alpha value is -4.73. The van der Waals surface area contributed by atoms with Gasteiger partial charge in [-0.15, -0.1) is 0 Å². The topological polar surface area (TPSA) is 140 Å². The molecule has 0 fully saturated rings. The summed E-state index contributed by atoms with van der Waals surface area (Å²) in [5.41, 5.74) is 6.41. The van der Waals surface area contributed by atoms with E-state index in [9.17, 15) is 24.5 Å². The quantitative estimate of drug-likeness (QED) is 0.363. The molecule has 0 aliphatic rings. The molecule has 0 aromatic heterocycles. The van der Waals surface area contributed by atoms with Gasteiger partial charge < -0.3 is 10.1 Å². The number of nitro groups is 1. The fraction of sp³-hybridized carbons (Fsp3) is 0.125. The monoisotopic (exact) mass is 462 g/mol. The maximum atomic E-state index is 12.3. The molecule has 3 aromatic rings. The Morgan fingerprint density at radius 1 is 0.882 bits per heavy atom. The summed E-state index contributed by atoms with van der Waals surface area (Å²) in [5.74, 6) is -1.64. The lowest BCUT2D eigenvalue weighted by Gasteiger charge is -2.15. The Bertz CT molecular complexity index is 1230. The van der Waals surface area contributed by atoms with Gasteiger partial charge >= 0.3 is 5.69 Å². The van der Waals surface area contributed by atoms with E-state index in [2.05, 4.69) is 16.2 Å². The number of rotatable bonds is 7. The molecule has 3 N–H and O–H groups in total. The third-order valence-corrected chi connectivity index (χ3v) is 4.72. The van der Waals surface area contributed by atoms with Gasteiger partial charge in [-0.2, -0.15) is 0 Å². The van der Waals surface area contributed by atoms with E-state index in [1.54, 1.807) is 36.4 Å². The van der Waals surface area contributed by atoms with Crippen LogP contribution in [0.2, 0.25) is 0 Å². The SMILES string of the molecule is Cc1cccc(C(=O)Nc2ccc(C(=O)NNC(=O)C(C)Oc3ccccc3[N+](=O)[O-])cc2)c1. The molecular formula is C24H22N4O6. The number of hydrogen-bond donors (Lipinski definition) is 3. The molecule has 0 spiro atoms. The molecule has 3 aromatic carbocycles. The number of nitrogens with one attached hydrogen (secondary N) is 3. The predicted octanol–water partition coefficient (Wildman–Crippen LogP) is 3.38. The molecule has 3 amide bonds. The number of carbonyl (C=O) groups is 3. The highest BCUT2D eigenvalue weighted by Gasteiger charge is 2.21. The fourth-order valence-electron chi connectivity index (χ4n) is 2.94. The highest BCUT2D eigenvalue weighted by atomic mass is 16.6. The maximum Gasteiger partial charge on any atom is 0.310 e. The second kappa shape index (κ2) is 10.7. The summed E-state index contributed by atoms with van der Waals surface area (Å²) in [6.45, 7) is 3.28. The minimum absolute atomic E-state index is 0.0650. The summed E-state index contributed by atoms with van der Waals surface area (Å²) >= 11 is 0. The van der Waals surface area contributed by atoms with Crippen molar-refractivity contribution >= 4 is 29.1 Å².